The molecule has 0 radical (unpaired) electrons. The molecule has 1 unspecified atom stereocenters. The highest BCUT2D eigenvalue weighted by Gasteiger charge is 2.19. The smallest absolute Gasteiger partial charge is 0.407 e. The SMILES string of the molecule is CC1CN[C@@H](CCCCCNC(=O)OCc2ccccc2)C1.Cl.Cl. The van der Waals surface area contributed by atoms with E-state index in [1.165, 1.54) is 25.8 Å². The molecule has 24 heavy (non-hydrogen) atoms. The number of amides is 1. The van der Waals surface area contributed by atoms with Gasteiger partial charge in [0.15, 0.2) is 0 Å². The molecule has 0 saturated carbocycles. The second-order valence-electron chi connectivity index (χ2n) is 6.28. The molecule has 1 heterocycles. The quantitative estimate of drug-likeness (QED) is 0.664. The van der Waals surface area contributed by atoms with E-state index in [0.29, 0.717) is 19.2 Å². The first-order valence-corrected chi connectivity index (χ1v) is 8.42. The Morgan fingerprint density at radius 1 is 1.21 bits per heavy atom. The van der Waals surface area contributed by atoms with Crippen molar-refractivity contribution in [2.45, 2.75) is 51.7 Å². The van der Waals surface area contributed by atoms with Crippen molar-refractivity contribution in [1.29, 1.82) is 0 Å². The predicted octanol–water partition coefficient (Wildman–Crippen LogP) is 4.31. The van der Waals surface area contributed by atoms with Crippen LogP contribution < -0.4 is 10.6 Å². The lowest BCUT2D eigenvalue weighted by molar-refractivity contribution is 0.139. The molecule has 2 rings (SSSR count). The maximum absolute atomic E-state index is 11.6. The minimum atomic E-state index is -0.324. The van der Waals surface area contributed by atoms with Gasteiger partial charge in [0, 0.05) is 12.6 Å². The zero-order valence-corrected chi connectivity index (χ0v) is 16.0. The van der Waals surface area contributed by atoms with Gasteiger partial charge in [0.05, 0.1) is 0 Å². The van der Waals surface area contributed by atoms with E-state index in [9.17, 15) is 4.79 Å². The summed E-state index contributed by atoms with van der Waals surface area (Å²) in [5, 5.41) is 6.37. The Labute approximate surface area is 157 Å². The van der Waals surface area contributed by atoms with Gasteiger partial charge in [-0.15, -0.1) is 24.8 Å². The molecule has 1 aromatic rings. The summed E-state index contributed by atoms with van der Waals surface area (Å²) in [6, 6.07) is 10.4. The highest BCUT2D eigenvalue weighted by Crippen LogP contribution is 2.17. The lowest BCUT2D eigenvalue weighted by Gasteiger charge is -2.10. The molecule has 1 amide bonds. The zero-order valence-electron chi connectivity index (χ0n) is 14.3. The Morgan fingerprint density at radius 2 is 1.96 bits per heavy atom. The molecule has 0 aromatic heterocycles. The highest BCUT2D eigenvalue weighted by molar-refractivity contribution is 5.85. The third-order valence-electron chi connectivity index (χ3n) is 4.15. The molecule has 4 nitrogen and oxygen atoms in total. The van der Waals surface area contributed by atoms with E-state index in [-0.39, 0.29) is 30.9 Å². The molecule has 6 heteroatoms. The molecule has 1 saturated heterocycles. The number of rotatable bonds is 8. The van der Waals surface area contributed by atoms with E-state index in [2.05, 4.69) is 17.6 Å². The number of ether oxygens (including phenoxy) is 1. The van der Waals surface area contributed by atoms with Crippen LogP contribution in [0.4, 0.5) is 4.79 Å². The average Bonchev–Trinajstić information content (AvgIpc) is 2.95. The number of hydrogen-bond donors (Lipinski definition) is 2. The molecule has 0 aliphatic carbocycles. The fourth-order valence-electron chi connectivity index (χ4n) is 2.90. The van der Waals surface area contributed by atoms with Crippen molar-refractivity contribution in [3.63, 3.8) is 0 Å². The van der Waals surface area contributed by atoms with Crippen molar-refractivity contribution < 1.29 is 9.53 Å². The molecule has 1 aliphatic heterocycles. The van der Waals surface area contributed by atoms with Crippen molar-refractivity contribution in [2.75, 3.05) is 13.1 Å². The van der Waals surface area contributed by atoms with Crippen molar-refractivity contribution in [3.8, 4) is 0 Å². The van der Waals surface area contributed by atoms with Gasteiger partial charge in [-0.2, -0.15) is 0 Å². The minimum Gasteiger partial charge on any atom is -0.445 e. The largest absolute Gasteiger partial charge is 0.445 e. The first-order chi connectivity index (χ1) is 10.7. The maximum atomic E-state index is 11.6. The van der Waals surface area contributed by atoms with Gasteiger partial charge >= 0.3 is 6.09 Å². The molecule has 138 valence electrons. The summed E-state index contributed by atoms with van der Waals surface area (Å²) < 4.78 is 5.17. The molecule has 1 fully saturated rings. The average molecular weight is 377 g/mol. The van der Waals surface area contributed by atoms with Crippen molar-refractivity contribution in [3.05, 3.63) is 35.9 Å². The number of halogens is 2. The van der Waals surface area contributed by atoms with Crippen molar-refractivity contribution in [2.24, 2.45) is 5.92 Å². The Balaban J connectivity index is 0.00000264. The van der Waals surface area contributed by atoms with Crippen molar-refractivity contribution in [1.82, 2.24) is 10.6 Å². The van der Waals surface area contributed by atoms with Gasteiger partial charge in [0.25, 0.3) is 0 Å². The number of carbonyl (C=O) groups is 1. The van der Waals surface area contributed by atoms with E-state index in [4.69, 9.17) is 4.74 Å². The summed E-state index contributed by atoms with van der Waals surface area (Å²) in [6.45, 7) is 4.50. The monoisotopic (exact) mass is 376 g/mol. The van der Waals surface area contributed by atoms with Gasteiger partial charge in [-0.25, -0.2) is 4.79 Å². The van der Waals surface area contributed by atoms with E-state index >= 15 is 0 Å². The van der Waals surface area contributed by atoms with Crippen LogP contribution in [-0.4, -0.2) is 25.2 Å². The van der Waals surface area contributed by atoms with E-state index < -0.39 is 0 Å². The zero-order chi connectivity index (χ0) is 15.6. The summed E-state index contributed by atoms with van der Waals surface area (Å²) >= 11 is 0. The molecule has 1 aromatic carbocycles. The second-order valence-corrected chi connectivity index (χ2v) is 6.28. The number of carbonyl (C=O) groups excluding carboxylic acids is 1. The van der Waals surface area contributed by atoms with Crippen LogP contribution in [0.25, 0.3) is 0 Å². The van der Waals surface area contributed by atoms with Crippen LogP contribution in [0.15, 0.2) is 30.3 Å². The van der Waals surface area contributed by atoms with Gasteiger partial charge in [0.2, 0.25) is 0 Å². The van der Waals surface area contributed by atoms with E-state index in [1.54, 1.807) is 0 Å². The topological polar surface area (TPSA) is 50.4 Å². The Bertz CT molecular complexity index is 446. The summed E-state index contributed by atoms with van der Waals surface area (Å²) in [7, 11) is 0. The number of benzene rings is 1. The van der Waals surface area contributed by atoms with Gasteiger partial charge in [-0.1, -0.05) is 50.1 Å². The third kappa shape index (κ3) is 9.36. The normalized spacial score (nSPS) is 19.0. The Kier molecular flexibility index (Phi) is 12.8. The molecule has 2 N–H and O–H groups in total. The number of unbranched alkanes of at least 4 members (excludes halogenated alkanes) is 2. The first-order valence-electron chi connectivity index (χ1n) is 8.42. The number of alkyl carbamates (subject to hydrolysis) is 1. The second kappa shape index (κ2) is 13.3. The van der Waals surface area contributed by atoms with Crippen LogP contribution >= 0.6 is 24.8 Å². The molecular weight excluding hydrogens is 347 g/mol. The standard InChI is InChI=1S/C18H28N2O2.2ClH/c1-15-12-17(20-13-15)10-6-3-7-11-19-18(21)22-14-16-8-4-2-5-9-16;;/h2,4-5,8-9,15,17,20H,3,6-7,10-14H2,1H3,(H,19,21);2*1H/t15?,17-;;/m0../s1. The Hall–Kier alpha value is -0.970. The molecular formula is C18H30Cl2N2O2. The first kappa shape index (κ1) is 23.0. The van der Waals surface area contributed by atoms with Crippen LogP contribution in [0.1, 0.15) is 44.6 Å². The maximum Gasteiger partial charge on any atom is 0.407 e. The van der Waals surface area contributed by atoms with E-state index in [1.807, 2.05) is 30.3 Å². The van der Waals surface area contributed by atoms with Crippen LogP contribution in [-0.2, 0) is 11.3 Å². The van der Waals surface area contributed by atoms with Gasteiger partial charge in [-0.3, -0.25) is 0 Å². The summed E-state index contributed by atoms with van der Waals surface area (Å²) in [4.78, 5) is 11.6. The van der Waals surface area contributed by atoms with Crippen LogP contribution in [0.2, 0.25) is 0 Å². The summed E-state index contributed by atoms with van der Waals surface area (Å²) in [5.41, 5.74) is 1.01. The van der Waals surface area contributed by atoms with Gasteiger partial charge < -0.3 is 15.4 Å². The van der Waals surface area contributed by atoms with E-state index in [0.717, 1.165) is 24.3 Å². The third-order valence-corrected chi connectivity index (χ3v) is 4.15. The van der Waals surface area contributed by atoms with Gasteiger partial charge in [-0.05, 0) is 37.3 Å². The summed E-state index contributed by atoms with van der Waals surface area (Å²) in [5.74, 6) is 0.825. The fourth-order valence-corrected chi connectivity index (χ4v) is 2.90. The summed E-state index contributed by atoms with van der Waals surface area (Å²) in [6.07, 6.45) is 5.64. The van der Waals surface area contributed by atoms with Crippen molar-refractivity contribution >= 4 is 30.9 Å². The molecule has 2 atom stereocenters. The van der Waals surface area contributed by atoms with Crippen LogP contribution in [0.5, 0.6) is 0 Å². The Morgan fingerprint density at radius 3 is 2.62 bits per heavy atom. The predicted molar refractivity (Wildman–Crippen MR) is 103 cm³/mol. The highest BCUT2D eigenvalue weighted by atomic mass is 35.5. The fraction of sp³-hybridized carbons (Fsp3) is 0.611. The minimum absolute atomic E-state index is 0. The lowest BCUT2D eigenvalue weighted by atomic mass is 10.0. The van der Waals surface area contributed by atoms with Crippen LogP contribution in [0.3, 0.4) is 0 Å². The molecule has 0 bridgehead atoms. The number of hydrogen-bond acceptors (Lipinski definition) is 3. The molecule has 1 aliphatic rings. The molecule has 0 spiro atoms. The number of nitrogens with one attached hydrogen (secondary N) is 2. The van der Waals surface area contributed by atoms with Gasteiger partial charge in [0.1, 0.15) is 6.61 Å². The lowest BCUT2D eigenvalue weighted by Crippen LogP contribution is -2.25. The van der Waals surface area contributed by atoms with Crippen LogP contribution in [0, 0.1) is 5.92 Å².